The number of likely N-dealkylation sites (tertiary alicyclic amines) is 1. The predicted octanol–water partition coefficient (Wildman–Crippen LogP) is 2.44. The number of halogens is 3. The molecule has 2 aliphatic rings. The average molecular weight is 398 g/mol. The van der Waals surface area contributed by atoms with E-state index in [9.17, 15) is 22.8 Å². The van der Waals surface area contributed by atoms with Crippen molar-refractivity contribution in [2.45, 2.75) is 45.5 Å². The van der Waals surface area contributed by atoms with Crippen molar-refractivity contribution in [3.05, 3.63) is 23.8 Å². The fourth-order valence-corrected chi connectivity index (χ4v) is 3.79. The van der Waals surface area contributed by atoms with Crippen LogP contribution in [0.15, 0.2) is 18.2 Å². The molecule has 0 radical (unpaired) electrons. The Hall–Kier alpha value is -2.13. The van der Waals surface area contributed by atoms with Gasteiger partial charge in [0.1, 0.15) is 6.54 Å². The van der Waals surface area contributed by atoms with E-state index in [-0.39, 0.29) is 35.3 Å². The molecule has 0 bridgehead atoms. The maximum atomic E-state index is 13.1. The maximum Gasteiger partial charge on any atom is 0.416 e. The second-order valence-electron chi connectivity index (χ2n) is 8.23. The number of amides is 2. The lowest BCUT2D eigenvalue weighted by atomic mass is 9.79. The highest BCUT2D eigenvalue weighted by Crippen LogP contribution is 2.37. The molecule has 0 aliphatic carbocycles. The molecule has 0 saturated carbocycles. The summed E-state index contributed by atoms with van der Waals surface area (Å²) in [7, 11) is 0. The third-order valence-electron chi connectivity index (χ3n) is 5.70. The van der Waals surface area contributed by atoms with Gasteiger partial charge in [0, 0.05) is 19.1 Å². The Kier molecular flexibility index (Phi) is 5.18. The molecule has 1 aromatic carbocycles. The van der Waals surface area contributed by atoms with E-state index in [0.717, 1.165) is 18.6 Å². The number of piperidine rings is 1. The Bertz CT molecular complexity index is 794. The van der Waals surface area contributed by atoms with Crippen LogP contribution < -0.4 is 16.0 Å². The number of benzene rings is 1. The molecule has 9 heteroatoms. The Morgan fingerprint density at radius 1 is 1.36 bits per heavy atom. The van der Waals surface area contributed by atoms with Crippen LogP contribution in [0.4, 0.5) is 24.5 Å². The first-order valence-electron chi connectivity index (χ1n) is 9.22. The first-order valence-corrected chi connectivity index (χ1v) is 9.22. The van der Waals surface area contributed by atoms with Crippen LogP contribution in [0, 0.1) is 5.41 Å². The number of rotatable bonds is 2. The molecule has 2 atom stereocenters. The molecule has 3 N–H and O–H groups in total. The van der Waals surface area contributed by atoms with Gasteiger partial charge in [-0.2, -0.15) is 13.2 Å². The first kappa shape index (κ1) is 20.6. The van der Waals surface area contributed by atoms with Crippen molar-refractivity contribution in [2.75, 3.05) is 29.9 Å². The van der Waals surface area contributed by atoms with Crippen LogP contribution in [0.2, 0.25) is 0 Å². The molecule has 1 saturated heterocycles. The molecule has 1 fully saturated rings. The number of nitrogens with one attached hydrogen (secondary N) is 1. The van der Waals surface area contributed by atoms with E-state index in [4.69, 9.17) is 5.73 Å². The fraction of sp³-hybridized carbons (Fsp3) is 0.579. The van der Waals surface area contributed by atoms with Gasteiger partial charge < -0.3 is 11.1 Å². The van der Waals surface area contributed by atoms with Crippen molar-refractivity contribution in [3.8, 4) is 0 Å². The van der Waals surface area contributed by atoms with Gasteiger partial charge in [0.2, 0.25) is 11.8 Å². The number of nitrogens with zero attached hydrogens (tertiary/aromatic N) is 2. The summed E-state index contributed by atoms with van der Waals surface area (Å²) in [5.74, 6) is -0.837. The highest BCUT2D eigenvalue weighted by atomic mass is 19.4. The van der Waals surface area contributed by atoms with Crippen LogP contribution in [-0.4, -0.2) is 48.4 Å². The predicted molar refractivity (Wildman–Crippen MR) is 99.8 cm³/mol. The molecule has 2 aliphatic heterocycles. The van der Waals surface area contributed by atoms with Crippen molar-refractivity contribution >= 4 is 23.2 Å². The van der Waals surface area contributed by atoms with Gasteiger partial charge in [-0.3, -0.25) is 19.4 Å². The topological polar surface area (TPSA) is 78.7 Å². The molecule has 0 spiro atoms. The van der Waals surface area contributed by atoms with Gasteiger partial charge in [0.15, 0.2) is 0 Å². The van der Waals surface area contributed by atoms with Gasteiger partial charge in [-0.1, -0.05) is 13.8 Å². The Balaban J connectivity index is 1.86. The van der Waals surface area contributed by atoms with E-state index in [1.165, 1.54) is 11.0 Å². The summed E-state index contributed by atoms with van der Waals surface area (Å²) >= 11 is 0. The molecule has 3 rings (SSSR count). The molecule has 6 nitrogen and oxygen atoms in total. The summed E-state index contributed by atoms with van der Waals surface area (Å²) in [6, 6.07) is 2.53. The lowest BCUT2D eigenvalue weighted by Gasteiger charge is -2.45. The Morgan fingerprint density at radius 3 is 2.64 bits per heavy atom. The second kappa shape index (κ2) is 7.04. The van der Waals surface area contributed by atoms with Gasteiger partial charge in [-0.05, 0) is 37.0 Å². The lowest BCUT2D eigenvalue weighted by Crippen LogP contribution is -2.58. The van der Waals surface area contributed by atoms with Crippen molar-refractivity contribution in [1.82, 2.24) is 4.90 Å². The quantitative estimate of drug-likeness (QED) is 0.802. The summed E-state index contributed by atoms with van der Waals surface area (Å²) in [6.45, 7) is 6.90. The van der Waals surface area contributed by atoms with E-state index in [0.29, 0.717) is 13.1 Å². The van der Waals surface area contributed by atoms with E-state index in [1.807, 2.05) is 18.7 Å². The zero-order valence-corrected chi connectivity index (χ0v) is 16.1. The minimum absolute atomic E-state index is 0.00683. The molecule has 28 heavy (non-hydrogen) atoms. The third kappa shape index (κ3) is 3.86. The van der Waals surface area contributed by atoms with Gasteiger partial charge >= 0.3 is 6.18 Å². The highest BCUT2D eigenvalue weighted by Gasteiger charge is 2.40. The van der Waals surface area contributed by atoms with Crippen LogP contribution in [0.1, 0.15) is 32.8 Å². The minimum Gasteiger partial charge on any atom is -0.327 e. The standard InChI is InChI=1S/C19H25F3N4O2/c1-11(25-7-6-15(23)18(2,3)10-25)17(28)26-9-16(27)24-13-8-12(19(20,21)22)4-5-14(13)26/h4-5,8,11,15H,6-7,9-10,23H2,1-3H3,(H,24,27). The number of alkyl halides is 3. The van der Waals surface area contributed by atoms with Crippen LogP contribution in [0.5, 0.6) is 0 Å². The van der Waals surface area contributed by atoms with Gasteiger partial charge in [-0.25, -0.2) is 0 Å². The summed E-state index contributed by atoms with van der Waals surface area (Å²) in [4.78, 5) is 28.4. The molecular formula is C19H25F3N4O2. The number of carbonyl (C=O) groups excluding carboxylic acids is 2. The van der Waals surface area contributed by atoms with Gasteiger partial charge in [-0.15, -0.1) is 0 Å². The molecule has 0 aromatic heterocycles. The van der Waals surface area contributed by atoms with E-state index >= 15 is 0 Å². The number of hydrogen-bond acceptors (Lipinski definition) is 4. The second-order valence-corrected chi connectivity index (χ2v) is 8.23. The Labute approximate surface area is 161 Å². The first-order chi connectivity index (χ1) is 12.9. The van der Waals surface area contributed by atoms with E-state index in [1.54, 1.807) is 6.92 Å². The zero-order chi connectivity index (χ0) is 20.9. The summed E-state index contributed by atoms with van der Waals surface area (Å²) in [5, 5.41) is 2.43. The third-order valence-corrected chi connectivity index (χ3v) is 5.70. The molecule has 1 aromatic rings. The number of nitrogens with two attached hydrogens (primary N) is 1. The van der Waals surface area contributed by atoms with Gasteiger partial charge in [0.05, 0.1) is 23.0 Å². The van der Waals surface area contributed by atoms with Crippen LogP contribution >= 0.6 is 0 Å². The SMILES string of the molecule is CC(C(=O)N1CC(=O)Nc2cc(C(F)(F)F)ccc21)N1CCC(N)C(C)(C)C1. The van der Waals surface area contributed by atoms with Crippen molar-refractivity contribution in [1.29, 1.82) is 0 Å². The average Bonchev–Trinajstić information content (AvgIpc) is 2.60. The molecular weight excluding hydrogens is 373 g/mol. The molecule has 2 unspecified atom stereocenters. The van der Waals surface area contributed by atoms with Crippen LogP contribution in [0.3, 0.4) is 0 Å². The van der Waals surface area contributed by atoms with Crippen molar-refractivity contribution in [2.24, 2.45) is 11.1 Å². The normalized spacial score (nSPS) is 23.8. The lowest BCUT2D eigenvalue weighted by molar-refractivity contribution is -0.137. The van der Waals surface area contributed by atoms with E-state index < -0.39 is 23.7 Å². The largest absolute Gasteiger partial charge is 0.416 e. The van der Waals surface area contributed by atoms with Gasteiger partial charge in [0.25, 0.3) is 0 Å². The highest BCUT2D eigenvalue weighted by molar-refractivity contribution is 6.11. The number of anilines is 2. The van der Waals surface area contributed by atoms with Crippen molar-refractivity contribution in [3.63, 3.8) is 0 Å². The molecule has 154 valence electrons. The van der Waals surface area contributed by atoms with Crippen LogP contribution in [0.25, 0.3) is 0 Å². The fourth-order valence-electron chi connectivity index (χ4n) is 3.79. The van der Waals surface area contributed by atoms with Crippen molar-refractivity contribution < 1.29 is 22.8 Å². The molecule has 2 heterocycles. The number of fused-ring (bicyclic) bond motifs is 1. The smallest absolute Gasteiger partial charge is 0.327 e. The number of carbonyl (C=O) groups is 2. The summed E-state index contributed by atoms with van der Waals surface area (Å²) in [5.41, 5.74) is 5.39. The number of hydrogen-bond donors (Lipinski definition) is 2. The monoisotopic (exact) mass is 398 g/mol. The summed E-state index contributed by atoms with van der Waals surface area (Å²) < 4.78 is 38.9. The summed E-state index contributed by atoms with van der Waals surface area (Å²) in [6.07, 6.45) is -3.78. The zero-order valence-electron chi connectivity index (χ0n) is 16.1. The minimum atomic E-state index is -4.53. The van der Waals surface area contributed by atoms with Crippen LogP contribution in [-0.2, 0) is 15.8 Å². The molecule has 2 amide bonds. The maximum absolute atomic E-state index is 13.1. The van der Waals surface area contributed by atoms with E-state index in [2.05, 4.69) is 5.32 Å². The Morgan fingerprint density at radius 2 is 2.04 bits per heavy atom.